The predicted octanol–water partition coefficient (Wildman–Crippen LogP) is 17.9. The summed E-state index contributed by atoms with van der Waals surface area (Å²) in [5, 5.41) is 7.54. The maximum absolute atomic E-state index is 5.20. The average Bonchev–Trinajstić information content (AvgIpc) is 3.82. The van der Waals surface area contributed by atoms with Crippen molar-refractivity contribution in [3.05, 3.63) is 249 Å². The van der Waals surface area contributed by atoms with Crippen LogP contribution in [0.5, 0.6) is 0 Å². The number of aromatic nitrogens is 3. The minimum atomic E-state index is 0.621. The third-order valence-electron chi connectivity index (χ3n) is 13.4. The van der Waals surface area contributed by atoms with Crippen molar-refractivity contribution in [1.29, 1.82) is 0 Å². The van der Waals surface area contributed by atoms with Crippen molar-refractivity contribution in [1.82, 2.24) is 15.0 Å². The van der Waals surface area contributed by atoms with Crippen LogP contribution in [0.25, 0.3) is 132 Å². The third kappa shape index (κ3) is 7.26. The quantitative estimate of drug-likeness (QED) is 0.153. The van der Waals surface area contributed by atoms with Gasteiger partial charge in [-0.1, -0.05) is 243 Å². The molecule has 13 aromatic rings. The van der Waals surface area contributed by atoms with Crippen molar-refractivity contribution >= 4 is 53.1 Å². The number of hydrogen-bond donors (Lipinski definition) is 0. The van der Waals surface area contributed by atoms with Crippen molar-refractivity contribution < 1.29 is 0 Å². The van der Waals surface area contributed by atoms with E-state index in [1.807, 2.05) is 23.5 Å². The molecule has 11 aromatic carbocycles. The van der Waals surface area contributed by atoms with Gasteiger partial charge in [-0.05, 0) is 77.7 Å². The van der Waals surface area contributed by atoms with E-state index in [2.05, 4.69) is 237 Å². The Hall–Kier alpha value is -8.83. The van der Waals surface area contributed by atoms with Crippen LogP contribution in [0.1, 0.15) is 0 Å². The lowest BCUT2D eigenvalue weighted by molar-refractivity contribution is 1.07. The molecule has 13 rings (SSSR count). The molecular formula is C65H41N3S. The topological polar surface area (TPSA) is 38.7 Å². The fourth-order valence-electron chi connectivity index (χ4n) is 10.1. The molecule has 0 radical (unpaired) electrons. The second-order valence-corrected chi connectivity index (χ2v) is 18.5. The first kappa shape index (κ1) is 40.4. The van der Waals surface area contributed by atoms with E-state index in [4.69, 9.17) is 15.0 Å². The van der Waals surface area contributed by atoms with Crippen LogP contribution < -0.4 is 0 Å². The van der Waals surface area contributed by atoms with Gasteiger partial charge in [-0.2, -0.15) is 0 Å². The van der Waals surface area contributed by atoms with Gasteiger partial charge >= 0.3 is 0 Å². The Kier molecular flexibility index (Phi) is 10.0. The Morgan fingerprint density at radius 3 is 1.19 bits per heavy atom. The lowest BCUT2D eigenvalue weighted by Gasteiger charge is -2.16. The molecule has 0 fully saturated rings. The van der Waals surface area contributed by atoms with Gasteiger partial charge in [0.2, 0.25) is 0 Å². The van der Waals surface area contributed by atoms with E-state index in [9.17, 15) is 0 Å². The summed E-state index contributed by atoms with van der Waals surface area (Å²) in [7, 11) is 0. The van der Waals surface area contributed by atoms with Crippen molar-refractivity contribution in [2.24, 2.45) is 0 Å². The summed E-state index contributed by atoms with van der Waals surface area (Å²) >= 11 is 1.88. The molecule has 0 saturated carbocycles. The molecular weight excluding hydrogens is 855 g/mol. The molecule has 0 bridgehead atoms. The van der Waals surface area contributed by atoms with Crippen molar-refractivity contribution in [2.75, 3.05) is 0 Å². The highest BCUT2D eigenvalue weighted by molar-refractivity contribution is 7.26. The molecule has 0 spiro atoms. The van der Waals surface area contributed by atoms with Crippen molar-refractivity contribution in [3.8, 4) is 89.8 Å². The zero-order chi connectivity index (χ0) is 45.7. The minimum absolute atomic E-state index is 0.621. The summed E-state index contributed by atoms with van der Waals surface area (Å²) in [5.41, 5.74) is 14.5. The molecule has 0 aliphatic rings. The normalized spacial score (nSPS) is 11.5. The molecule has 3 nitrogen and oxygen atoms in total. The van der Waals surface area contributed by atoms with E-state index < -0.39 is 0 Å². The van der Waals surface area contributed by atoms with E-state index in [1.54, 1.807) is 0 Å². The summed E-state index contributed by atoms with van der Waals surface area (Å²) in [6.45, 7) is 0. The van der Waals surface area contributed by atoms with Gasteiger partial charge in [-0.15, -0.1) is 11.3 Å². The minimum Gasteiger partial charge on any atom is -0.208 e. The van der Waals surface area contributed by atoms with Crippen LogP contribution in [-0.2, 0) is 0 Å². The summed E-state index contributed by atoms with van der Waals surface area (Å²) in [4.78, 5) is 15.5. The van der Waals surface area contributed by atoms with Gasteiger partial charge in [0.05, 0.1) is 0 Å². The molecule has 322 valence electrons. The molecule has 0 saturated heterocycles. The van der Waals surface area contributed by atoms with Gasteiger partial charge in [-0.25, -0.2) is 15.0 Å². The molecule has 2 aromatic heterocycles. The molecule has 2 heterocycles. The maximum Gasteiger partial charge on any atom is 0.164 e. The largest absolute Gasteiger partial charge is 0.208 e. The lowest BCUT2D eigenvalue weighted by Crippen LogP contribution is -2.01. The standard InChI is InChI=1S/C65H41N3S/c1-3-16-42(17-4-1)43-30-34-46(35-31-43)63-66-64(68-65(67-63)60-26-12-7-20-48(60)44-18-5-2-6-19-44)47-36-32-45(33-37-47)49-38-39-54(51-22-9-8-21-50(49)51)55-40-41-56(53-24-11-10-23-52(53)55)58-27-15-28-59-57-25-13-14-29-61(57)69-62(58)59/h1-41H. The first-order valence-electron chi connectivity index (χ1n) is 23.3. The highest BCUT2D eigenvalue weighted by atomic mass is 32.1. The van der Waals surface area contributed by atoms with E-state index >= 15 is 0 Å². The predicted molar refractivity (Wildman–Crippen MR) is 291 cm³/mol. The summed E-state index contributed by atoms with van der Waals surface area (Å²) in [5.74, 6) is 1.88. The van der Waals surface area contributed by atoms with E-state index in [-0.39, 0.29) is 0 Å². The molecule has 0 atom stereocenters. The molecule has 69 heavy (non-hydrogen) atoms. The molecule has 0 aliphatic carbocycles. The van der Waals surface area contributed by atoms with Crippen LogP contribution in [-0.4, -0.2) is 15.0 Å². The lowest BCUT2D eigenvalue weighted by atomic mass is 9.88. The van der Waals surface area contributed by atoms with Gasteiger partial charge < -0.3 is 0 Å². The molecule has 0 aliphatic heterocycles. The number of hydrogen-bond acceptors (Lipinski definition) is 4. The first-order chi connectivity index (χ1) is 34.2. The number of thiophene rings is 1. The second-order valence-electron chi connectivity index (χ2n) is 17.4. The van der Waals surface area contributed by atoms with Crippen molar-refractivity contribution in [3.63, 3.8) is 0 Å². The van der Waals surface area contributed by atoms with Crippen LogP contribution in [0, 0.1) is 0 Å². The third-order valence-corrected chi connectivity index (χ3v) is 14.6. The van der Waals surface area contributed by atoms with Gasteiger partial charge in [0.15, 0.2) is 17.5 Å². The Bertz CT molecular complexity index is 4050. The monoisotopic (exact) mass is 895 g/mol. The van der Waals surface area contributed by atoms with Crippen LogP contribution in [0.4, 0.5) is 0 Å². The average molecular weight is 896 g/mol. The van der Waals surface area contributed by atoms with E-state index in [1.165, 1.54) is 75.1 Å². The Morgan fingerprint density at radius 1 is 0.203 bits per heavy atom. The van der Waals surface area contributed by atoms with Crippen LogP contribution in [0.3, 0.4) is 0 Å². The number of benzene rings is 11. The summed E-state index contributed by atoms with van der Waals surface area (Å²) < 4.78 is 2.65. The Labute approximate surface area is 404 Å². The Balaban J connectivity index is 0.890. The second kappa shape index (κ2) is 17.1. The smallest absolute Gasteiger partial charge is 0.164 e. The van der Waals surface area contributed by atoms with E-state index in [0.717, 1.165) is 38.9 Å². The Morgan fingerprint density at radius 2 is 0.580 bits per heavy atom. The highest BCUT2D eigenvalue weighted by Gasteiger charge is 2.19. The zero-order valence-electron chi connectivity index (χ0n) is 37.4. The van der Waals surface area contributed by atoms with Crippen LogP contribution in [0.15, 0.2) is 249 Å². The molecule has 0 N–H and O–H groups in total. The highest BCUT2D eigenvalue weighted by Crippen LogP contribution is 2.45. The van der Waals surface area contributed by atoms with Crippen LogP contribution in [0.2, 0.25) is 0 Å². The zero-order valence-corrected chi connectivity index (χ0v) is 38.2. The van der Waals surface area contributed by atoms with E-state index in [0.29, 0.717) is 17.5 Å². The van der Waals surface area contributed by atoms with Crippen molar-refractivity contribution in [2.45, 2.75) is 0 Å². The number of rotatable bonds is 8. The van der Waals surface area contributed by atoms with Gasteiger partial charge in [0, 0.05) is 42.4 Å². The van der Waals surface area contributed by atoms with Gasteiger partial charge in [0.1, 0.15) is 0 Å². The number of fused-ring (bicyclic) bond motifs is 5. The van der Waals surface area contributed by atoms with Gasteiger partial charge in [-0.3, -0.25) is 0 Å². The number of nitrogens with zero attached hydrogens (tertiary/aromatic N) is 3. The maximum atomic E-state index is 5.20. The fraction of sp³-hybridized carbons (Fsp3) is 0. The molecule has 0 unspecified atom stereocenters. The van der Waals surface area contributed by atoms with Crippen LogP contribution >= 0.6 is 11.3 Å². The first-order valence-corrected chi connectivity index (χ1v) is 24.2. The fourth-order valence-corrected chi connectivity index (χ4v) is 11.3. The van der Waals surface area contributed by atoms with Gasteiger partial charge in [0.25, 0.3) is 0 Å². The summed E-state index contributed by atoms with van der Waals surface area (Å²) in [6, 6.07) is 88.8. The summed E-state index contributed by atoms with van der Waals surface area (Å²) in [6.07, 6.45) is 0. The SMILES string of the molecule is c1ccc(-c2ccc(-c3nc(-c4ccc(-c5ccc(-c6ccc(-c7cccc8c7sc7ccccc78)c7ccccc67)c6ccccc56)cc4)nc(-c4ccccc4-c4ccccc4)n3)cc2)cc1. The molecule has 4 heteroatoms. The molecule has 0 amide bonds.